The largest absolute Gasteiger partial charge is 0.308 e. The molecule has 0 spiro atoms. The molecule has 0 rings (SSSR count). The molecule has 0 bridgehead atoms. The van der Waals surface area contributed by atoms with Gasteiger partial charge in [-0.3, -0.25) is 4.79 Å². The van der Waals surface area contributed by atoms with Crippen molar-refractivity contribution in [1.29, 1.82) is 0 Å². The summed E-state index contributed by atoms with van der Waals surface area (Å²) in [5.74, 6) is 1.01. The van der Waals surface area contributed by atoms with Crippen LogP contribution in [0, 0.1) is 0 Å². The lowest BCUT2D eigenvalue weighted by atomic mass is 10.0. The highest BCUT2D eigenvalue weighted by Gasteiger charge is 2.26. The van der Waals surface area contributed by atoms with E-state index in [1.807, 2.05) is 14.0 Å². The first-order chi connectivity index (χ1) is 4.56. The molecular formula is C6H12INOS. The van der Waals surface area contributed by atoms with Crippen LogP contribution in [0.5, 0.6) is 0 Å². The van der Waals surface area contributed by atoms with Crippen molar-refractivity contribution in [2.24, 2.45) is 0 Å². The topological polar surface area (TPSA) is 29.1 Å². The predicted octanol–water partition coefficient (Wildman–Crippen LogP) is 1.64. The van der Waals surface area contributed by atoms with Crippen molar-refractivity contribution in [3.8, 4) is 0 Å². The van der Waals surface area contributed by atoms with Gasteiger partial charge >= 0.3 is 0 Å². The highest BCUT2D eigenvalue weighted by Crippen LogP contribution is 2.19. The molecule has 1 N–H and O–H groups in total. The minimum atomic E-state index is -0.341. The van der Waals surface area contributed by atoms with E-state index in [2.05, 4.69) is 26.5 Å². The van der Waals surface area contributed by atoms with E-state index < -0.39 is 0 Å². The molecule has 4 heteroatoms. The van der Waals surface area contributed by atoms with Gasteiger partial charge in [0, 0.05) is 5.75 Å². The van der Waals surface area contributed by atoms with E-state index >= 15 is 0 Å². The number of likely N-dealkylation sites (N-methyl/N-ethyl adjacent to an activating group) is 1. The molecule has 1 atom stereocenters. The first-order valence-corrected chi connectivity index (χ1v) is 6.53. The number of carbonyl (C=O) groups is 1. The number of hydrogen-bond acceptors (Lipinski definition) is 3. The molecule has 0 amide bonds. The predicted molar refractivity (Wildman–Crippen MR) is 54.6 cm³/mol. The number of rotatable bonds is 4. The molecule has 0 saturated heterocycles. The Bertz CT molecular complexity index is 131. The first kappa shape index (κ1) is 10.7. The number of Topliss-reactive ketones (excluding diaryl/α,β-unsaturated/α-hetero) is 1. The molecule has 0 fully saturated rings. The maximum atomic E-state index is 11.0. The number of nitrogens with one attached hydrogen (secondary N) is 1. The Hall–Kier alpha value is 0.710. The third-order valence-electron chi connectivity index (χ3n) is 1.67. The molecule has 0 aliphatic heterocycles. The summed E-state index contributed by atoms with van der Waals surface area (Å²) >= 11 is 2.19. The molecule has 0 aromatic heterocycles. The maximum Gasteiger partial charge on any atom is 0.150 e. The quantitative estimate of drug-likeness (QED) is 0.789. The molecule has 2 nitrogen and oxygen atoms in total. The number of carbonyl (C=O) groups excluding carboxylic acids is 1. The van der Waals surface area contributed by atoms with Crippen LogP contribution in [0.3, 0.4) is 0 Å². The van der Waals surface area contributed by atoms with Gasteiger partial charge in [0.1, 0.15) is 5.78 Å². The van der Waals surface area contributed by atoms with Crippen LogP contribution in [0.2, 0.25) is 0 Å². The van der Waals surface area contributed by atoms with Gasteiger partial charge in [-0.25, -0.2) is 0 Å². The van der Waals surface area contributed by atoms with E-state index in [0.29, 0.717) is 0 Å². The minimum absolute atomic E-state index is 0.194. The SMILES string of the molecule is CNC(C)(CSI)C(C)=O. The highest BCUT2D eigenvalue weighted by molar-refractivity contribution is 14.2. The molecule has 0 aromatic rings. The lowest BCUT2D eigenvalue weighted by Gasteiger charge is -2.24. The zero-order chi connectivity index (χ0) is 8.20. The van der Waals surface area contributed by atoms with E-state index in [-0.39, 0.29) is 11.3 Å². The summed E-state index contributed by atoms with van der Waals surface area (Å²) in [6, 6.07) is 0. The first-order valence-electron chi connectivity index (χ1n) is 3.00. The van der Waals surface area contributed by atoms with Crippen molar-refractivity contribution in [1.82, 2.24) is 5.32 Å². The zero-order valence-corrected chi connectivity index (χ0v) is 9.38. The van der Waals surface area contributed by atoms with Crippen LogP contribution in [0.15, 0.2) is 0 Å². The average molecular weight is 273 g/mol. The maximum absolute atomic E-state index is 11.0. The summed E-state index contributed by atoms with van der Waals surface area (Å²) < 4.78 is 0. The molecule has 1 unspecified atom stereocenters. The van der Waals surface area contributed by atoms with Crippen LogP contribution < -0.4 is 5.32 Å². The summed E-state index contributed by atoms with van der Waals surface area (Å²) in [4.78, 5) is 11.0. The zero-order valence-electron chi connectivity index (χ0n) is 6.40. The van der Waals surface area contributed by atoms with Gasteiger partial charge in [-0.1, -0.05) is 8.93 Å². The smallest absolute Gasteiger partial charge is 0.150 e. The molecule has 0 saturated carbocycles. The molecule has 0 heterocycles. The molecular weight excluding hydrogens is 261 g/mol. The van der Waals surface area contributed by atoms with Gasteiger partial charge in [0.15, 0.2) is 0 Å². The normalized spacial score (nSPS) is 16.4. The average Bonchev–Trinajstić information content (AvgIpc) is 1.88. The summed E-state index contributed by atoms with van der Waals surface area (Å²) in [6.45, 7) is 3.53. The fourth-order valence-corrected chi connectivity index (χ4v) is 2.89. The van der Waals surface area contributed by atoms with Gasteiger partial charge in [-0.05, 0) is 42.1 Å². The van der Waals surface area contributed by atoms with Crippen LogP contribution in [0.25, 0.3) is 0 Å². The fraction of sp³-hybridized carbons (Fsp3) is 0.833. The van der Waals surface area contributed by atoms with Crippen LogP contribution >= 0.6 is 30.1 Å². The molecule has 10 heavy (non-hydrogen) atoms. The minimum Gasteiger partial charge on any atom is -0.308 e. The summed E-state index contributed by atoms with van der Waals surface area (Å²) in [5.41, 5.74) is -0.341. The Labute approximate surface area is 78.1 Å². The second kappa shape index (κ2) is 4.56. The molecule has 0 aliphatic rings. The van der Waals surface area contributed by atoms with E-state index in [9.17, 15) is 4.79 Å². The van der Waals surface area contributed by atoms with E-state index in [0.717, 1.165) is 5.75 Å². The Kier molecular flexibility index (Phi) is 4.88. The monoisotopic (exact) mass is 273 g/mol. The van der Waals surface area contributed by atoms with Crippen molar-refractivity contribution < 1.29 is 4.79 Å². The van der Waals surface area contributed by atoms with E-state index in [4.69, 9.17) is 0 Å². The number of halogens is 1. The van der Waals surface area contributed by atoms with Gasteiger partial charge in [-0.15, -0.1) is 0 Å². The van der Waals surface area contributed by atoms with Crippen molar-refractivity contribution >= 4 is 35.9 Å². The Morgan fingerprint density at radius 2 is 2.30 bits per heavy atom. The van der Waals surface area contributed by atoms with Gasteiger partial charge in [0.25, 0.3) is 0 Å². The number of hydrogen-bond donors (Lipinski definition) is 1. The Morgan fingerprint density at radius 3 is 2.40 bits per heavy atom. The summed E-state index contributed by atoms with van der Waals surface area (Å²) in [6.07, 6.45) is 0. The second-order valence-electron chi connectivity index (χ2n) is 2.39. The lowest BCUT2D eigenvalue weighted by Crippen LogP contribution is -2.48. The van der Waals surface area contributed by atoms with Gasteiger partial charge in [-0.2, -0.15) is 0 Å². The molecule has 0 aliphatic carbocycles. The lowest BCUT2D eigenvalue weighted by molar-refractivity contribution is -0.121. The van der Waals surface area contributed by atoms with Gasteiger partial charge in [0.2, 0.25) is 0 Å². The van der Waals surface area contributed by atoms with Gasteiger partial charge < -0.3 is 5.32 Å². The standard InChI is InChI=1S/C6H12INOS/c1-5(9)6(2,8-3)4-10-7/h8H,4H2,1-3H3. The summed E-state index contributed by atoms with van der Waals surface area (Å²) in [7, 11) is 3.46. The third-order valence-corrected chi connectivity index (χ3v) is 3.29. The van der Waals surface area contributed by atoms with Crippen molar-refractivity contribution in [3.63, 3.8) is 0 Å². The third kappa shape index (κ3) is 2.75. The van der Waals surface area contributed by atoms with Gasteiger partial charge in [0.05, 0.1) is 5.54 Å². The van der Waals surface area contributed by atoms with Crippen molar-refractivity contribution in [2.75, 3.05) is 12.8 Å². The van der Waals surface area contributed by atoms with Crippen LogP contribution in [-0.4, -0.2) is 24.1 Å². The number of ketones is 1. The Morgan fingerprint density at radius 1 is 1.80 bits per heavy atom. The van der Waals surface area contributed by atoms with Crippen LogP contribution in [-0.2, 0) is 4.79 Å². The van der Waals surface area contributed by atoms with E-state index in [1.54, 1.807) is 15.9 Å². The summed E-state index contributed by atoms with van der Waals surface area (Å²) in [5, 5.41) is 3.00. The molecule has 0 aromatic carbocycles. The van der Waals surface area contributed by atoms with E-state index in [1.165, 1.54) is 0 Å². The van der Waals surface area contributed by atoms with Crippen LogP contribution in [0.4, 0.5) is 0 Å². The second-order valence-corrected chi connectivity index (χ2v) is 4.77. The Balaban J connectivity index is 4.08. The van der Waals surface area contributed by atoms with Crippen molar-refractivity contribution in [2.45, 2.75) is 19.4 Å². The molecule has 60 valence electrons. The van der Waals surface area contributed by atoms with Crippen LogP contribution in [0.1, 0.15) is 13.8 Å². The van der Waals surface area contributed by atoms with Crippen molar-refractivity contribution in [3.05, 3.63) is 0 Å². The fourth-order valence-electron chi connectivity index (χ4n) is 0.459. The highest BCUT2D eigenvalue weighted by atomic mass is 127. The molecule has 0 radical (unpaired) electrons.